The van der Waals surface area contributed by atoms with Gasteiger partial charge in [0, 0.05) is 57.4 Å². The molecule has 0 bridgehead atoms. The maximum absolute atomic E-state index is 12.7. The van der Waals surface area contributed by atoms with Crippen LogP contribution in [0.2, 0.25) is 0 Å². The third-order valence-electron chi connectivity index (χ3n) is 5.02. The molecule has 0 atom stereocenters. The first kappa shape index (κ1) is 19.5. The van der Waals surface area contributed by atoms with Gasteiger partial charge in [0.15, 0.2) is 0 Å². The standard InChI is InChI=1S/C21H29N5O/c1-17(2)25-10-12-26(13-11-25)21(27)19-5-6-20(24-15-19)16-23-9-7-18-4-3-8-22-14-18/h3-6,8,14-15,17,23H,7,9-13,16H2,1-2H3. The van der Waals surface area contributed by atoms with Crippen LogP contribution in [0.5, 0.6) is 0 Å². The molecule has 1 saturated heterocycles. The van der Waals surface area contributed by atoms with Gasteiger partial charge in [-0.25, -0.2) is 0 Å². The summed E-state index contributed by atoms with van der Waals surface area (Å²) in [6.07, 6.45) is 6.32. The average molecular weight is 367 g/mol. The molecule has 6 nitrogen and oxygen atoms in total. The lowest BCUT2D eigenvalue weighted by Gasteiger charge is -2.36. The molecule has 1 N–H and O–H groups in total. The molecule has 1 fully saturated rings. The van der Waals surface area contributed by atoms with Gasteiger partial charge < -0.3 is 10.2 Å². The number of hydrogen-bond donors (Lipinski definition) is 1. The minimum atomic E-state index is 0.0852. The number of aromatic nitrogens is 2. The van der Waals surface area contributed by atoms with Crippen LogP contribution in [0, 0.1) is 0 Å². The molecule has 3 rings (SSSR count). The van der Waals surface area contributed by atoms with Crippen molar-refractivity contribution in [1.82, 2.24) is 25.1 Å². The van der Waals surface area contributed by atoms with Crippen LogP contribution in [0.15, 0.2) is 42.9 Å². The molecule has 1 amide bonds. The fourth-order valence-corrected chi connectivity index (χ4v) is 3.27. The van der Waals surface area contributed by atoms with Crippen LogP contribution in [0.3, 0.4) is 0 Å². The Kier molecular flexibility index (Phi) is 6.90. The van der Waals surface area contributed by atoms with Crippen molar-refractivity contribution in [3.63, 3.8) is 0 Å². The van der Waals surface area contributed by atoms with Crippen molar-refractivity contribution in [3.8, 4) is 0 Å². The molecule has 2 aromatic rings. The summed E-state index contributed by atoms with van der Waals surface area (Å²) in [5, 5.41) is 3.39. The maximum Gasteiger partial charge on any atom is 0.255 e. The van der Waals surface area contributed by atoms with E-state index in [0.29, 0.717) is 18.2 Å². The molecule has 0 aromatic carbocycles. The van der Waals surface area contributed by atoms with E-state index in [1.807, 2.05) is 29.3 Å². The molecule has 27 heavy (non-hydrogen) atoms. The Morgan fingerprint density at radius 3 is 2.59 bits per heavy atom. The number of rotatable bonds is 7. The summed E-state index contributed by atoms with van der Waals surface area (Å²) >= 11 is 0. The molecule has 2 aromatic heterocycles. The van der Waals surface area contributed by atoms with Gasteiger partial charge >= 0.3 is 0 Å². The summed E-state index contributed by atoms with van der Waals surface area (Å²) < 4.78 is 0. The Labute approximate surface area is 161 Å². The predicted octanol–water partition coefficient (Wildman–Crippen LogP) is 1.98. The van der Waals surface area contributed by atoms with E-state index in [2.05, 4.69) is 40.1 Å². The van der Waals surface area contributed by atoms with Crippen molar-refractivity contribution in [2.75, 3.05) is 32.7 Å². The van der Waals surface area contributed by atoms with Gasteiger partial charge in [0.25, 0.3) is 5.91 Å². The van der Waals surface area contributed by atoms with Gasteiger partial charge in [-0.1, -0.05) is 6.07 Å². The number of carbonyl (C=O) groups is 1. The van der Waals surface area contributed by atoms with E-state index in [4.69, 9.17) is 0 Å². The lowest BCUT2D eigenvalue weighted by molar-refractivity contribution is 0.0595. The Balaban J connectivity index is 1.43. The monoisotopic (exact) mass is 367 g/mol. The fourth-order valence-electron chi connectivity index (χ4n) is 3.27. The van der Waals surface area contributed by atoms with Gasteiger partial charge in [0.05, 0.1) is 11.3 Å². The molecular formula is C21H29N5O. The number of nitrogens with one attached hydrogen (secondary N) is 1. The highest BCUT2D eigenvalue weighted by atomic mass is 16.2. The molecule has 0 spiro atoms. The second-order valence-electron chi connectivity index (χ2n) is 7.25. The van der Waals surface area contributed by atoms with Crippen molar-refractivity contribution in [3.05, 3.63) is 59.7 Å². The molecule has 0 aliphatic carbocycles. The van der Waals surface area contributed by atoms with E-state index in [-0.39, 0.29) is 5.91 Å². The summed E-state index contributed by atoms with van der Waals surface area (Å²) in [5.74, 6) is 0.0852. The lowest BCUT2D eigenvalue weighted by atomic mass is 10.2. The van der Waals surface area contributed by atoms with Crippen molar-refractivity contribution in [1.29, 1.82) is 0 Å². The maximum atomic E-state index is 12.7. The van der Waals surface area contributed by atoms with Crippen LogP contribution in [-0.4, -0.2) is 64.4 Å². The Morgan fingerprint density at radius 2 is 1.96 bits per heavy atom. The summed E-state index contributed by atoms with van der Waals surface area (Å²) in [5.41, 5.74) is 2.84. The first-order valence-corrected chi connectivity index (χ1v) is 9.71. The number of hydrogen-bond acceptors (Lipinski definition) is 5. The van der Waals surface area contributed by atoms with Crippen LogP contribution < -0.4 is 5.32 Å². The van der Waals surface area contributed by atoms with E-state index in [0.717, 1.165) is 44.8 Å². The van der Waals surface area contributed by atoms with E-state index in [1.54, 1.807) is 12.4 Å². The Bertz CT molecular complexity index is 709. The minimum Gasteiger partial charge on any atom is -0.336 e. The summed E-state index contributed by atoms with van der Waals surface area (Å²) in [6.45, 7) is 9.42. The van der Waals surface area contributed by atoms with Crippen LogP contribution in [0.25, 0.3) is 0 Å². The SMILES string of the molecule is CC(C)N1CCN(C(=O)c2ccc(CNCCc3cccnc3)nc2)CC1. The first-order valence-electron chi connectivity index (χ1n) is 9.71. The van der Waals surface area contributed by atoms with Gasteiger partial charge in [0.2, 0.25) is 0 Å². The summed E-state index contributed by atoms with van der Waals surface area (Å²) in [4.78, 5) is 25.6. The van der Waals surface area contributed by atoms with Crippen LogP contribution >= 0.6 is 0 Å². The van der Waals surface area contributed by atoms with Gasteiger partial charge in [-0.05, 0) is 50.6 Å². The zero-order valence-corrected chi connectivity index (χ0v) is 16.3. The van der Waals surface area contributed by atoms with Crippen molar-refractivity contribution < 1.29 is 4.79 Å². The van der Waals surface area contributed by atoms with E-state index in [9.17, 15) is 4.79 Å². The van der Waals surface area contributed by atoms with E-state index >= 15 is 0 Å². The number of piperazine rings is 1. The summed E-state index contributed by atoms with van der Waals surface area (Å²) in [7, 11) is 0. The van der Waals surface area contributed by atoms with Crippen molar-refractivity contribution in [2.45, 2.75) is 32.9 Å². The molecule has 3 heterocycles. The Hall–Kier alpha value is -2.31. The van der Waals surface area contributed by atoms with Gasteiger partial charge in [-0.15, -0.1) is 0 Å². The molecule has 1 aliphatic rings. The van der Waals surface area contributed by atoms with Crippen molar-refractivity contribution >= 4 is 5.91 Å². The smallest absolute Gasteiger partial charge is 0.255 e. The third kappa shape index (κ3) is 5.58. The molecule has 0 saturated carbocycles. The second-order valence-corrected chi connectivity index (χ2v) is 7.25. The van der Waals surface area contributed by atoms with Gasteiger partial charge in [-0.2, -0.15) is 0 Å². The Morgan fingerprint density at radius 1 is 1.15 bits per heavy atom. The highest BCUT2D eigenvalue weighted by Gasteiger charge is 2.23. The largest absolute Gasteiger partial charge is 0.336 e. The first-order chi connectivity index (χ1) is 13.1. The number of carbonyl (C=O) groups excluding carboxylic acids is 1. The van der Waals surface area contributed by atoms with Crippen LogP contribution in [-0.2, 0) is 13.0 Å². The van der Waals surface area contributed by atoms with E-state index in [1.165, 1.54) is 5.56 Å². The predicted molar refractivity (Wildman–Crippen MR) is 106 cm³/mol. The second kappa shape index (κ2) is 9.58. The summed E-state index contributed by atoms with van der Waals surface area (Å²) in [6, 6.07) is 8.40. The van der Waals surface area contributed by atoms with Crippen LogP contribution in [0.4, 0.5) is 0 Å². The number of nitrogens with zero attached hydrogens (tertiary/aromatic N) is 4. The quantitative estimate of drug-likeness (QED) is 0.758. The van der Waals surface area contributed by atoms with Gasteiger partial charge in [0.1, 0.15) is 0 Å². The average Bonchev–Trinajstić information content (AvgIpc) is 2.72. The van der Waals surface area contributed by atoms with Crippen LogP contribution in [0.1, 0.15) is 35.5 Å². The fraction of sp³-hybridized carbons (Fsp3) is 0.476. The zero-order valence-electron chi connectivity index (χ0n) is 16.3. The third-order valence-corrected chi connectivity index (χ3v) is 5.02. The zero-order chi connectivity index (χ0) is 19.1. The number of pyridine rings is 2. The van der Waals surface area contributed by atoms with E-state index < -0.39 is 0 Å². The van der Waals surface area contributed by atoms with Crippen molar-refractivity contribution in [2.24, 2.45) is 0 Å². The lowest BCUT2D eigenvalue weighted by Crippen LogP contribution is -2.50. The molecule has 144 valence electrons. The number of amides is 1. The molecule has 6 heteroatoms. The molecule has 1 aliphatic heterocycles. The minimum absolute atomic E-state index is 0.0852. The highest BCUT2D eigenvalue weighted by Crippen LogP contribution is 2.10. The molecule has 0 unspecified atom stereocenters. The topological polar surface area (TPSA) is 61.4 Å². The highest BCUT2D eigenvalue weighted by molar-refractivity contribution is 5.94. The normalized spacial score (nSPS) is 15.3. The van der Waals surface area contributed by atoms with Gasteiger partial charge in [-0.3, -0.25) is 19.7 Å². The molecular weight excluding hydrogens is 338 g/mol. The molecule has 0 radical (unpaired) electrons.